The van der Waals surface area contributed by atoms with Gasteiger partial charge < -0.3 is 10.2 Å². The Hall–Kier alpha value is -0.0800. The highest BCUT2D eigenvalue weighted by Gasteiger charge is 2.25. The second kappa shape index (κ2) is 5.50. The van der Waals surface area contributed by atoms with Gasteiger partial charge in [0, 0.05) is 18.6 Å². The topological polar surface area (TPSA) is 15.3 Å². The van der Waals surface area contributed by atoms with Crippen molar-refractivity contribution in [3.8, 4) is 0 Å². The first-order chi connectivity index (χ1) is 7.63. The highest BCUT2D eigenvalue weighted by molar-refractivity contribution is 4.84. The van der Waals surface area contributed by atoms with Gasteiger partial charge in [0.25, 0.3) is 0 Å². The van der Waals surface area contributed by atoms with Crippen molar-refractivity contribution in [2.45, 2.75) is 58.5 Å². The largest absolute Gasteiger partial charge is 0.310 e. The van der Waals surface area contributed by atoms with Crippen LogP contribution in [0.3, 0.4) is 0 Å². The molecular weight excluding hydrogens is 196 g/mol. The van der Waals surface area contributed by atoms with E-state index >= 15 is 0 Å². The minimum Gasteiger partial charge on any atom is -0.310 e. The van der Waals surface area contributed by atoms with Gasteiger partial charge in [-0.15, -0.1) is 0 Å². The van der Waals surface area contributed by atoms with Crippen LogP contribution in [-0.2, 0) is 0 Å². The first-order valence-corrected chi connectivity index (χ1v) is 7.12. The Kier molecular flexibility index (Phi) is 4.26. The minimum atomic E-state index is 0.720. The Morgan fingerprint density at radius 3 is 2.31 bits per heavy atom. The first-order valence-electron chi connectivity index (χ1n) is 7.12. The number of rotatable bonds is 2. The molecule has 2 nitrogen and oxygen atoms in total. The quantitative estimate of drug-likeness (QED) is 0.775. The summed E-state index contributed by atoms with van der Waals surface area (Å²) in [6.07, 6.45) is 5.53. The number of nitrogens with zero attached hydrogens (tertiary/aromatic N) is 1. The second-order valence-electron chi connectivity index (χ2n) is 6.32. The van der Waals surface area contributed by atoms with Crippen molar-refractivity contribution in [1.82, 2.24) is 10.2 Å². The molecule has 2 heteroatoms. The van der Waals surface area contributed by atoms with Crippen LogP contribution in [0.25, 0.3) is 0 Å². The number of hydrogen-bond donors (Lipinski definition) is 1. The van der Waals surface area contributed by atoms with Crippen LogP contribution in [0, 0.1) is 11.8 Å². The van der Waals surface area contributed by atoms with Gasteiger partial charge in [-0.1, -0.05) is 13.8 Å². The van der Waals surface area contributed by atoms with E-state index in [1.54, 1.807) is 0 Å². The maximum atomic E-state index is 3.76. The van der Waals surface area contributed by atoms with E-state index in [0.29, 0.717) is 0 Å². The summed E-state index contributed by atoms with van der Waals surface area (Å²) in [6, 6.07) is 1.46. The van der Waals surface area contributed by atoms with Crippen LogP contribution in [0.1, 0.15) is 46.5 Å². The molecule has 2 rings (SSSR count). The molecule has 94 valence electrons. The lowest BCUT2D eigenvalue weighted by Crippen LogP contribution is -2.50. The Labute approximate surface area is 101 Å². The molecule has 0 aromatic rings. The fraction of sp³-hybridized carbons (Fsp3) is 1.00. The summed E-state index contributed by atoms with van der Waals surface area (Å²) < 4.78 is 0. The van der Waals surface area contributed by atoms with E-state index in [1.165, 1.54) is 45.3 Å². The molecule has 3 unspecified atom stereocenters. The molecule has 2 aliphatic heterocycles. The molecule has 0 bridgehead atoms. The average Bonchev–Trinajstić information content (AvgIpc) is 2.20. The number of piperidine rings is 2. The van der Waals surface area contributed by atoms with Crippen molar-refractivity contribution in [2.24, 2.45) is 11.8 Å². The predicted molar refractivity (Wildman–Crippen MR) is 69.6 cm³/mol. The van der Waals surface area contributed by atoms with Crippen LogP contribution in [-0.4, -0.2) is 36.6 Å². The zero-order chi connectivity index (χ0) is 11.5. The molecule has 2 heterocycles. The summed E-state index contributed by atoms with van der Waals surface area (Å²) in [5, 5.41) is 3.76. The first kappa shape index (κ1) is 12.4. The van der Waals surface area contributed by atoms with Gasteiger partial charge in [0.15, 0.2) is 0 Å². The van der Waals surface area contributed by atoms with Gasteiger partial charge in [-0.3, -0.25) is 0 Å². The van der Waals surface area contributed by atoms with Crippen molar-refractivity contribution in [3.63, 3.8) is 0 Å². The fourth-order valence-electron chi connectivity index (χ4n) is 3.41. The van der Waals surface area contributed by atoms with Crippen LogP contribution in [0.4, 0.5) is 0 Å². The van der Waals surface area contributed by atoms with E-state index in [2.05, 4.69) is 31.0 Å². The van der Waals surface area contributed by atoms with Crippen molar-refractivity contribution in [2.75, 3.05) is 19.6 Å². The number of hydrogen-bond acceptors (Lipinski definition) is 2. The van der Waals surface area contributed by atoms with E-state index in [4.69, 9.17) is 0 Å². The van der Waals surface area contributed by atoms with Gasteiger partial charge >= 0.3 is 0 Å². The summed E-state index contributed by atoms with van der Waals surface area (Å²) in [5.41, 5.74) is 0. The van der Waals surface area contributed by atoms with Gasteiger partial charge in [0.05, 0.1) is 0 Å². The highest BCUT2D eigenvalue weighted by atomic mass is 15.2. The van der Waals surface area contributed by atoms with Crippen molar-refractivity contribution < 1.29 is 0 Å². The third-order valence-electron chi connectivity index (χ3n) is 4.32. The molecule has 3 atom stereocenters. The smallest absolute Gasteiger partial charge is 0.0200 e. The zero-order valence-corrected chi connectivity index (χ0v) is 11.2. The second-order valence-corrected chi connectivity index (χ2v) is 6.32. The Bertz CT molecular complexity index is 199. The lowest BCUT2D eigenvalue weighted by molar-refractivity contribution is 0.147. The number of likely N-dealkylation sites (tertiary alicyclic amines) is 1. The Morgan fingerprint density at radius 1 is 1.00 bits per heavy atom. The SMILES string of the molecule is CC1CCN(CC2CC(C)CC(C)N2)CC1. The van der Waals surface area contributed by atoms with Crippen LogP contribution >= 0.6 is 0 Å². The molecule has 0 saturated carbocycles. The fourth-order valence-corrected chi connectivity index (χ4v) is 3.41. The normalized spacial score (nSPS) is 38.8. The molecule has 0 aliphatic carbocycles. The van der Waals surface area contributed by atoms with Crippen molar-refractivity contribution in [1.29, 1.82) is 0 Å². The van der Waals surface area contributed by atoms with Crippen LogP contribution < -0.4 is 5.32 Å². The molecule has 0 spiro atoms. The average molecular weight is 224 g/mol. The summed E-state index contributed by atoms with van der Waals surface area (Å²) in [4.78, 5) is 2.67. The van der Waals surface area contributed by atoms with E-state index in [9.17, 15) is 0 Å². The molecule has 0 aromatic carbocycles. The van der Waals surface area contributed by atoms with Gasteiger partial charge in [0.2, 0.25) is 0 Å². The van der Waals surface area contributed by atoms with Gasteiger partial charge in [-0.05, 0) is 57.5 Å². The van der Waals surface area contributed by atoms with Gasteiger partial charge in [-0.25, -0.2) is 0 Å². The molecule has 16 heavy (non-hydrogen) atoms. The van der Waals surface area contributed by atoms with Crippen molar-refractivity contribution in [3.05, 3.63) is 0 Å². The monoisotopic (exact) mass is 224 g/mol. The maximum Gasteiger partial charge on any atom is 0.0200 e. The molecule has 1 N–H and O–H groups in total. The van der Waals surface area contributed by atoms with E-state index in [-0.39, 0.29) is 0 Å². The maximum absolute atomic E-state index is 3.76. The molecule has 0 aromatic heterocycles. The highest BCUT2D eigenvalue weighted by Crippen LogP contribution is 2.22. The van der Waals surface area contributed by atoms with Crippen molar-refractivity contribution >= 4 is 0 Å². The van der Waals surface area contributed by atoms with Gasteiger partial charge in [0.1, 0.15) is 0 Å². The summed E-state index contributed by atoms with van der Waals surface area (Å²) >= 11 is 0. The summed E-state index contributed by atoms with van der Waals surface area (Å²) in [5.74, 6) is 1.86. The van der Waals surface area contributed by atoms with E-state index in [0.717, 1.165) is 23.9 Å². The molecule has 0 amide bonds. The third kappa shape index (κ3) is 3.46. The lowest BCUT2D eigenvalue weighted by atomic mass is 9.89. The third-order valence-corrected chi connectivity index (χ3v) is 4.32. The van der Waals surface area contributed by atoms with E-state index in [1.807, 2.05) is 0 Å². The number of nitrogens with one attached hydrogen (secondary N) is 1. The molecular formula is C14H28N2. The molecule has 0 radical (unpaired) electrons. The summed E-state index contributed by atoms with van der Waals surface area (Å²) in [7, 11) is 0. The van der Waals surface area contributed by atoms with Crippen LogP contribution in [0.15, 0.2) is 0 Å². The summed E-state index contributed by atoms with van der Waals surface area (Å²) in [6.45, 7) is 11.1. The Balaban J connectivity index is 1.76. The Morgan fingerprint density at radius 2 is 1.69 bits per heavy atom. The molecule has 2 aliphatic rings. The molecule has 2 fully saturated rings. The zero-order valence-electron chi connectivity index (χ0n) is 11.2. The van der Waals surface area contributed by atoms with Gasteiger partial charge in [-0.2, -0.15) is 0 Å². The minimum absolute atomic E-state index is 0.720. The predicted octanol–water partition coefficient (Wildman–Crippen LogP) is 2.49. The standard InChI is InChI=1S/C14H28N2/c1-11-4-6-16(7-5-11)10-14-9-12(2)8-13(3)15-14/h11-15H,4-10H2,1-3H3. The van der Waals surface area contributed by atoms with E-state index < -0.39 is 0 Å². The van der Waals surface area contributed by atoms with Crippen LogP contribution in [0.5, 0.6) is 0 Å². The lowest BCUT2D eigenvalue weighted by Gasteiger charge is -2.38. The molecule has 2 saturated heterocycles. The van der Waals surface area contributed by atoms with Crippen LogP contribution in [0.2, 0.25) is 0 Å².